The number of thiol groups is 1. The van der Waals surface area contributed by atoms with Gasteiger partial charge in [-0.05, 0) is 69.2 Å². The Morgan fingerprint density at radius 1 is 1.19 bits per heavy atom. The SMILES string of the molecule is CC(CCS)CCN1CCCC2CCCC21. The monoisotopic (exact) mass is 241 g/mol. The smallest absolute Gasteiger partial charge is 0.0123 e. The van der Waals surface area contributed by atoms with Gasteiger partial charge in [-0.15, -0.1) is 0 Å². The van der Waals surface area contributed by atoms with Crippen LogP contribution in [0, 0.1) is 11.8 Å². The van der Waals surface area contributed by atoms with Crippen LogP contribution < -0.4 is 0 Å². The Bertz CT molecular complexity index is 207. The van der Waals surface area contributed by atoms with Gasteiger partial charge in [-0.1, -0.05) is 13.3 Å². The molecule has 2 rings (SSSR count). The van der Waals surface area contributed by atoms with E-state index in [-0.39, 0.29) is 0 Å². The second-order valence-electron chi connectivity index (χ2n) is 5.84. The number of piperidine rings is 1. The second kappa shape index (κ2) is 6.30. The fraction of sp³-hybridized carbons (Fsp3) is 1.00. The van der Waals surface area contributed by atoms with E-state index in [2.05, 4.69) is 24.5 Å². The van der Waals surface area contributed by atoms with Crippen molar-refractivity contribution in [2.24, 2.45) is 11.8 Å². The standard InChI is InChI=1S/C14H27NS/c1-12(8-11-16)7-10-15-9-3-5-13-4-2-6-14(13)15/h12-14,16H,2-11H2,1H3. The van der Waals surface area contributed by atoms with Crippen LogP contribution in [0.1, 0.15) is 51.9 Å². The minimum absolute atomic E-state index is 0.860. The predicted octanol–water partition coefficient (Wildman–Crippen LogP) is 3.60. The highest BCUT2D eigenvalue weighted by Gasteiger charge is 2.34. The molecule has 0 radical (unpaired) electrons. The van der Waals surface area contributed by atoms with Crippen molar-refractivity contribution in [1.82, 2.24) is 4.90 Å². The van der Waals surface area contributed by atoms with Crippen LogP contribution in [0.2, 0.25) is 0 Å². The van der Waals surface area contributed by atoms with Crippen molar-refractivity contribution < 1.29 is 0 Å². The summed E-state index contributed by atoms with van der Waals surface area (Å²) in [7, 11) is 0. The molecule has 2 heteroatoms. The fourth-order valence-corrected chi connectivity index (χ4v) is 4.03. The molecule has 3 atom stereocenters. The van der Waals surface area contributed by atoms with E-state index in [1.807, 2.05) is 0 Å². The summed E-state index contributed by atoms with van der Waals surface area (Å²) in [6.45, 7) is 5.09. The van der Waals surface area contributed by atoms with Crippen LogP contribution in [0.3, 0.4) is 0 Å². The highest BCUT2D eigenvalue weighted by Crippen LogP contribution is 2.36. The van der Waals surface area contributed by atoms with Crippen LogP contribution in [0.25, 0.3) is 0 Å². The minimum Gasteiger partial charge on any atom is -0.300 e. The molecule has 0 aromatic carbocycles. The molecule has 1 aliphatic heterocycles. The van der Waals surface area contributed by atoms with Gasteiger partial charge in [0.15, 0.2) is 0 Å². The molecule has 1 saturated carbocycles. The first-order valence-electron chi connectivity index (χ1n) is 7.16. The average Bonchev–Trinajstić information content (AvgIpc) is 2.75. The lowest BCUT2D eigenvalue weighted by Gasteiger charge is -2.38. The zero-order chi connectivity index (χ0) is 11.4. The van der Waals surface area contributed by atoms with Gasteiger partial charge in [-0.2, -0.15) is 12.6 Å². The Kier molecular flexibility index (Phi) is 5.02. The molecule has 2 fully saturated rings. The number of nitrogens with zero attached hydrogens (tertiary/aromatic N) is 1. The molecule has 0 aromatic heterocycles. The highest BCUT2D eigenvalue weighted by atomic mass is 32.1. The highest BCUT2D eigenvalue weighted by molar-refractivity contribution is 7.80. The maximum Gasteiger partial charge on any atom is 0.0123 e. The van der Waals surface area contributed by atoms with E-state index in [4.69, 9.17) is 0 Å². The lowest BCUT2D eigenvalue weighted by Crippen LogP contribution is -2.43. The Labute approximate surface area is 106 Å². The zero-order valence-electron chi connectivity index (χ0n) is 10.7. The second-order valence-corrected chi connectivity index (χ2v) is 6.29. The average molecular weight is 241 g/mol. The molecule has 0 spiro atoms. The van der Waals surface area contributed by atoms with Gasteiger partial charge in [0.25, 0.3) is 0 Å². The van der Waals surface area contributed by atoms with Crippen molar-refractivity contribution in [2.75, 3.05) is 18.8 Å². The van der Waals surface area contributed by atoms with Crippen LogP contribution in [-0.2, 0) is 0 Å². The molecule has 3 unspecified atom stereocenters. The van der Waals surface area contributed by atoms with Crippen LogP contribution in [-0.4, -0.2) is 29.8 Å². The molecule has 1 heterocycles. The van der Waals surface area contributed by atoms with Gasteiger partial charge in [-0.3, -0.25) is 0 Å². The first kappa shape index (κ1) is 12.8. The van der Waals surface area contributed by atoms with E-state index in [0.717, 1.165) is 23.6 Å². The minimum atomic E-state index is 0.860. The van der Waals surface area contributed by atoms with Crippen LogP contribution in [0.5, 0.6) is 0 Å². The van der Waals surface area contributed by atoms with Gasteiger partial charge >= 0.3 is 0 Å². The van der Waals surface area contributed by atoms with Crippen molar-refractivity contribution in [3.8, 4) is 0 Å². The lowest BCUT2D eigenvalue weighted by molar-refractivity contribution is 0.107. The van der Waals surface area contributed by atoms with Crippen LogP contribution in [0.15, 0.2) is 0 Å². The van der Waals surface area contributed by atoms with E-state index in [9.17, 15) is 0 Å². The summed E-state index contributed by atoms with van der Waals surface area (Å²) in [5.41, 5.74) is 0. The van der Waals surface area contributed by atoms with Gasteiger partial charge < -0.3 is 4.90 Å². The first-order valence-corrected chi connectivity index (χ1v) is 7.79. The molecule has 0 bridgehead atoms. The summed E-state index contributed by atoms with van der Waals surface area (Å²) in [4.78, 5) is 2.80. The van der Waals surface area contributed by atoms with Crippen molar-refractivity contribution in [3.05, 3.63) is 0 Å². The summed E-state index contributed by atoms with van der Waals surface area (Å²) in [5, 5.41) is 0. The molecule has 2 aliphatic rings. The molecule has 94 valence electrons. The van der Waals surface area contributed by atoms with Crippen molar-refractivity contribution >= 4 is 12.6 Å². The third kappa shape index (κ3) is 3.16. The normalized spacial score (nSPS) is 32.6. The maximum atomic E-state index is 4.33. The molecular formula is C14H27NS. The summed E-state index contributed by atoms with van der Waals surface area (Å²) in [6.07, 6.45) is 10.1. The summed E-state index contributed by atoms with van der Waals surface area (Å²) in [5.74, 6) is 2.96. The van der Waals surface area contributed by atoms with Crippen molar-refractivity contribution in [2.45, 2.75) is 57.9 Å². The third-order valence-electron chi connectivity index (χ3n) is 4.64. The molecule has 0 amide bonds. The Hall–Kier alpha value is 0.310. The molecule has 1 aliphatic carbocycles. The van der Waals surface area contributed by atoms with Gasteiger partial charge in [-0.25, -0.2) is 0 Å². The number of hydrogen-bond acceptors (Lipinski definition) is 2. The molecule has 1 saturated heterocycles. The fourth-order valence-electron chi connectivity index (χ4n) is 3.59. The zero-order valence-corrected chi connectivity index (χ0v) is 11.6. The first-order chi connectivity index (χ1) is 7.81. The van der Waals surface area contributed by atoms with E-state index >= 15 is 0 Å². The van der Waals surface area contributed by atoms with Gasteiger partial charge in [0.1, 0.15) is 0 Å². The predicted molar refractivity (Wildman–Crippen MR) is 74.2 cm³/mol. The number of likely N-dealkylation sites (tertiary alicyclic amines) is 1. The summed E-state index contributed by atoms with van der Waals surface area (Å²) >= 11 is 4.33. The summed E-state index contributed by atoms with van der Waals surface area (Å²) < 4.78 is 0. The van der Waals surface area contributed by atoms with E-state index < -0.39 is 0 Å². The van der Waals surface area contributed by atoms with E-state index in [1.54, 1.807) is 0 Å². The maximum absolute atomic E-state index is 4.33. The quantitative estimate of drug-likeness (QED) is 0.720. The Morgan fingerprint density at radius 3 is 2.81 bits per heavy atom. The third-order valence-corrected chi connectivity index (χ3v) is 4.90. The number of hydrogen-bond donors (Lipinski definition) is 1. The molecule has 0 aromatic rings. The number of rotatable bonds is 5. The van der Waals surface area contributed by atoms with Crippen LogP contribution in [0.4, 0.5) is 0 Å². The molecule has 1 nitrogen and oxygen atoms in total. The van der Waals surface area contributed by atoms with Gasteiger partial charge in [0, 0.05) is 6.04 Å². The Balaban J connectivity index is 1.75. The van der Waals surface area contributed by atoms with Crippen LogP contribution >= 0.6 is 12.6 Å². The lowest BCUT2D eigenvalue weighted by atomic mass is 9.91. The molecular weight excluding hydrogens is 214 g/mol. The molecule has 0 N–H and O–H groups in total. The summed E-state index contributed by atoms with van der Waals surface area (Å²) in [6, 6.07) is 0.956. The van der Waals surface area contributed by atoms with E-state index in [0.29, 0.717) is 0 Å². The largest absolute Gasteiger partial charge is 0.300 e. The van der Waals surface area contributed by atoms with Crippen molar-refractivity contribution in [1.29, 1.82) is 0 Å². The van der Waals surface area contributed by atoms with Crippen molar-refractivity contribution in [3.63, 3.8) is 0 Å². The van der Waals surface area contributed by atoms with Gasteiger partial charge in [0.05, 0.1) is 0 Å². The topological polar surface area (TPSA) is 3.24 Å². The Morgan fingerprint density at radius 2 is 2.00 bits per heavy atom. The van der Waals surface area contributed by atoms with Gasteiger partial charge in [0.2, 0.25) is 0 Å². The van der Waals surface area contributed by atoms with E-state index in [1.165, 1.54) is 58.0 Å². The molecule has 16 heavy (non-hydrogen) atoms. The number of fused-ring (bicyclic) bond motifs is 1.